The number of ether oxygens (including phenoxy) is 1. The van der Waals surface area contributed by atoms with Gasteiger partial charge in [0.2, 0.25) is 5.91 Å². The minimum atomic E-state index is -0.656. The third kappa shape index (κ3) is 2.84. The van der Waals surface area contributed by atoms with E-state index in [4.69, 9.17) is 4.74 Å². The highest BCUT2D eigenvalue weighted by molar-refractivity contribution is 6.20. The number of carbonyl (C=O) groups is 2. The van der Waals surface area contributed by atoms with Crippen molar-refractivity contribution in [2.45, 2.75) is 32.3 Å². The van der Waals surface area contributed by atoms with Gasteiger partial charge in [-0.25, -0.2) is 9.69 Å². The largest absolute Gasteiger partial charge is 0.443 e. The number of nitrogens with zero attached hydrogens (tertiary/aromatic N) is 1. The fourth-order valence-corrected chi connectivity index (χ4v) is 2.78. The number of benzene rings is 2. The van der Waals surface area contributed by atoms with Gasteiger partial charge in [-0.1, -0.05) is 48.5 Å². The molecule has 1 heterocycles. The van der Waals surface area contributed by atoms with Gasteiger partial charge >= 0.3 is 6.09 Å². The molecule has 0 aromatic heterocycles. The molecule has 2 aromatic carbocycles. The summed E-state index contributed by atoms with van der Waals surface area (Å²) < 4.78 is 5.40. The zero-order valence-corrected chi connectivity index (χ0v) is 13.4. The smallest absolute Gasteiger partial charge is 0.421 e. The molecule has 0 aliphatic carbocycles. The van der Waals surface area contributed by atoms with Crippen LogP contribution in [-0.2, 0) is 9.53 Å². The van der Waals surface area contributed by atoms with E-state index in [0.717, 1.165) is 16.0 Å². The summed E-state index contributed by atoms with van der Waals surface area (Å²) in [6, 6.07) is 16.8. The maximum atomic E-state index is 12.9. The van der Waals surface area contributed by atoms with Crippen molar-refractivity contribution >= 4 is 17.7 Å². The molecule has 4 nitrogen and oxygen atoms in total. The molecule has 0 N–H and O–H groups in total. The van der Waals surface area contributed by atoms with Crippen LogP contribution in [0.5, 0.6) is 0 Å². The highest BCUT2D eigenvalue weighted by atomic mass is 16.6. The quantitative estimate of drug-likeness (QED) is 0.796. The fourth-order valence-electron chi connectivity index (χ4n) is 2.78. The van der Waals surface area contributed by atoms with Crippen molar-refractivity contribution in [1.82, 2.24) is 0 Å². The molecule has 0 fully saturated rings. The fraction of sp³-hybridized carbons (Fsp3) is 0.263. The molecule has 118 valence electrons. The van der Waals surface area contributed by atoms with Crippen molar-refractivity contribution in [3.05, 3.63) is 65.7 Å². The summed E-state index contributed by atoms with van der Waals surface area (Å²) in [4.78, 5) is 26.6. The molecule has 2 aromatic rings. The number of hydrogen-bond donors (Lipinski definition) is 0. The minimum absolute atomic E-state index is 0.272. The summed E-state index contributed by atoms with van der Waals surface area (Å²) in [6.07, 6.45) is -0.631. The molecule has 0 bridgehead atoms. The summed E-state index contributed by atoms with van der Waals surface area (Å²) in [5, 5.41) is 0. The average Bonchev–Trinajstić information content (AvgIpc) is 2.78. The zero-order valence-electron chi connectivity index (χ0n) is 13.4. The van der Waals surface area contributed by atoms with Crippen LogP contribution in [0.3, 0.4) is 0 Å². The van der Waals surface area contributed by atoms with Crippen molar-refractivity contribution < 1.29 is 14.3 Å². The Labute approximate surface area is 135 Å². The van der Waals surface area contributed by atoms with Crippen LogP contribution < -0.4 is 4.90 Å². The first-order valence-electron chi connectivity index (χ1n) is 7.59. The van der Waals surface area contributed by atoms with Gasteiger partial charge in [-0.2, -0.15) is 0 Å². The molecule has 0 spiro atoms. The highest BCUT2D eigenvalue weighted by Crippen LogP contribution is 2.41. The molecule has 4 heteroatoms. The van der Waals surface area contributed by atoms with Crippen LogP contribution in [0.15, 0.2) is 54.6 Å². The number of para-hydroxylation sites is 1. The molecule has 1 atom stereocenters. The van der Waals surface area contributed by atoms with Gasteiger partial charge in [0.25, 0.3) is 0 Å². The minimum Gasteiger partial charge on any atom is -0.443 e. The lowest BCUT2D eigenvalue weighted by Gasteiger charge is -2.24. The summed E-state index contributed by atoms with van der Waals surface area (Å²) >= 11 is 0. The molecular weight excluding hydrogens is 290 g/mol. The molecule has 1 unspecified atom stereocenters. The van der Waals surface area contributed by atoms with Crippen LogP contribution in [0.1, 0.15) is 37.8 Å². The van der Waals surface area contributed by atoms with Crippen molar-refractivity contribution in [3.63, 3.8) is 0 Å². The number of amides is 2. The zero-order chi connectivity index (χ0) is 16.6. The lowest BCUT2D eigenvalue weighted by atomic mass is 9.93. The van der Waals surface area contributed by atoms with Crippen molar-refractivity contribution in [1.29, 1.82) is 0 Å². The first-order chi connectivity index (χ1) is 10.9. The predicted molar refractivity (Wildman–Crippen MR) is 88.4 cm³/mol. The van der Waals surface area contributed by atoms with E-state index in [1.807, 2.05) is 48.5 Å². The lowest BCUT2D eigenvalue weighted by molar-refractivity contribution is -0.118. The van der Waals surface area contributed by atoms with Crippen LogP contribution in [0.2, 0.25) is 0 Å². The maximum absolute atomic E-state index is 12.9. The Bertz CT molecular complexity index is 747. The number of fused-ring (bicyclic) bond motifs is 1. The highest BCUT2D eigenvalue weighted by Gasteiger charge is 2.43. The predicted octanol–water partition coefficient (Wildman–Crippen LogP) is 4.10. The van der Waals surface area contributed by atoms with Gasteiger partial charge in [-0.3, -0.25) is 4.79 Å². The number of anilines is 1. The SMILES string of the molecule is CC(C)(C)OC(=O)N1C(=O)C(c2ccccc2)c2ccccc21. The van der Waals surface area contributed by atoms with Gasteiger partial charge in [0, 0.05) is 0 Å². The summed E-state index contributed by atoms with van der Waals surface area (Å²) in [5.74, 6) is -0.744. The van der Waals surface area contributed by atoms with Crippen LogP contribution in [0.25, 0.3) is 0 Å². The van der Waals surface area contributed by atoms with Crippen LogP contribution in [0, 0.1) is 0 Å². The van der Waals surface area contributed by atoms with Crippen LogP contribution >= 0.6 is 0 Å². The Morgan fingerprint density at radius 2 is 1.61 bits per heavy atom. The van der Waals surface area contributed by atoms with Gasteiger partial charge in [0.1, 0.15) is 5.60 Å². The van der Waals surface area contributed by atoms with E-state index in [0.29, 0.717) is 5.69 Å². The first kappa shape index (κ1) is 15.3. The monoisotopic (exact) mass is 309 g/mol. The summed E-state index contributed by atoms with van der Waals surface area (Å²) in [5.41, 5.74) is 1.64. The lowest BCUT2D eigenvalue weighted by Crippen LogP contribution is -2.39. The molecule has 0 saturated carbocycles. The molecule has 0 radical (unpaired) electrons. The second-order valence-corrected chi connectivity index (χ2v) is 6.56. The van der Waals surface area contributed by atoms with E-state index in [1.54, 1.807) is 26.8 Å². The molecule has 1 aliphatic rings. The van der Waals surface area contributed by atoms with Gasteiger partial charge in [0.15, 0.2) is 0 Å². The number of carbonyl (C=O) groups excluding carboxylic acids is 2. The van der Waals surface area contributed by atoms with Crippen LogP contribution in [0.4, 0.5) is 10.5 Å². The number of hydrogen-bond acceptors (Lipinski definition) is 3. The van der Waals surface area contributed by atoms with E-state index in [1.165, 1.54) is 0 Å². The Balaban J connectivity index is 2.04. The molecule has 2 amide bonds. The normalized spacial score (nSPS) is 17.1. The Kier molecular flexibility index (Phi) is 3.68. The van der Waals surface area contributed by atoms with Gasteiger partial charge < -0.3 is 4.74 Å². The van der Waals surface area contributed by atoms with Gasteiger partial charge in [0.05, 0.1) is 11.6 Å². The second-order valence-electron chi connectivity index (χ2n) is 6.56. The van der Waals surface area contributed by atoms with E-state index in [9.17, 15) is 9.59 Å². The number of imide groups is 1. The van der Waals surface area contributed by atoms with E-state index >= 15 is 0 Å². The standard InChI is InChI=1S/C19H19NO3/c1-19(2,3)23-18(22)20-15-12-8-7-11-14(15)16(17(20)21)13-9-5-4-6-10-13/h4-12,16H,1-3H3. The molecule has 0 saturated heterocycles. The Hall–Kier alpha value is -2.62. The van der Waals surface area contributed by atoms with Crippen molar-refractivity contribution in [3.8, 4) is 0 Å². The van der Waals surface area contributed by atoms with Crippen molar-refractivity contribution in [2.24, 2.45) is 0 Å². The third-order valence-corrected chi connectivity index (χ3v) is 3.66. The Morgan fingerprint density at radius 3 is 2.26 bits per heavy atom. The van der Waals surface area contributed by atoms with Crippen LogP contribution in [-0.4, -0.2) is 17.6 Å². The molecule has 23 heavy (non-hydrogen) atoms. The Morgan fingerprint density at radius 1 is 1.00 bits per heavy atom. The molecular formula is C19H19NO3. The van der Waals surface area contributed by atoms with Gasteiger partial charge in [-0.05, 0) is 38.0 Å². The average molecular weight is 309 g/mol. The first-order valence-corrected chi connectivity index (χ1v) is 7.59. The number of rotatable bonds is 1. The molecule has 3 rings (SSSR count). The van der Waals surface area contributed by atoms with E-state index < -0.39 is 17.6 Å². The maximum Gasteiger partial charge on any atom is 0.421 e. The van der Waals surface area contributed by atoms with E-state index in [-0.39, 0.29) is 5.91 Å². The third-order valence-electron chi connectivity index (χ3n) is 3.66. The topological polar surface area (TPSA) is 46.6 Å². The van der Waals surface area contributed by atoms with E-state index in [2.05, 4.69) is 0 Å². The van der Waals surface area contributed by atoms with Gasteiger partial charge in [-0.15, -0.1) is 0 Å². The molecule has 1 aliphatic heterocycles. The second kappa shape index (κ2) is 5.54. The summed E-state index contributed by atoms with van der Waals surface area (Å²) in [7, 11) is 0. The van der Waals surface area contributed by atoms with Crippen molar-refractivity contribution in [2.75, 3.05) is 4.90 Å². The summed E-state index contributed by atoms with van der Waals surface area (Å²) in [6.45, 7) is 5.35.